The van der Waals surface area contributed by atoms with Crippen molar-refractivity contribution in [2.75, 3.05) is 13.1 Å². The molecule has 0 bridgehead atoms. The molecule has 1 aliphatic heterocycles. The van der Waals surface area contributed by atoms with Crippen molar-refractivity contribution in [1.29, 1.82) is 0 Å². The van der Waals surface area contributed by atoms with Crippen molar-refractivity contribution in [3.8, 4) is 0 Å². The minimum Gasteiger partial charge on any atom is -0.409 e. The summed E-state index contributed by atoms with van der Waals surface area (Å²) in [5.74, 6) is 0.0862. The summed E-state index contributed by atoms with van der Waals surface area (Å²) >= 11 is 6.57. The minimum atomic E-state index is -3.56. The zero-order chi connectivity index (χ0) is 15.6. The van der Waals surface area contributed by atoms with Gasteiger partial charge in [0.15, 0.2) is 0 Å². The Kier molecular flexibility index (Phi) is 5.29. The lowest BCUT2D eigenvalue weighted by Gasteiger charge is -2.30. The van der Waals surface area contributed by atoms with Gasteiger partial charge in [0.25, 0.3) is 0 Å². The molecule has 0 unspecified atom stereocenters. The smallest absolute Gasteiger partial charge is 0.244 e. The van der Waals surface area contributed by atoms with Crippen LogP contribution in [0.5, 0.6) is 0 Å². The molecule has 116 valence electrons. The molecule has 1 saturated heterocycles. The van der Waals surface area contributed by atoms with E-state index in [4.69, 9.17) is 10.9 Å². The summed E-state index contributed by atoms with van der Waals surface area (Å²) in [5, 5.41) is 11.7. The number of nitrogens with two attached hydrogens (primary N) is 1. The van der Waals surface area contributed by atoms with E-state index >= 15 is 0 Å². The molecule has 1 heterocycles. The molecule has 1 aliphatic rings. The Labute approximate surface area is 140 Å². The van der Waals surface area contributed by atoms with Crippen LogP contribution in [-0.4, -0.2) is 36.9 Å². The molecular formula is C12H15Br2N3O3S. The maximum absolute atomic E-state index is 12.7. The molecule has 3 N–H and O–H groups in total. The van der Waals surface area contributed by atoms with E-state index in [1.165, 1.54) is 4.31 Å². The molecular weight excluding hydrogens is 426 g/mol. The second-order valence-electron chi connectivity index (χ2n) is 4.78. The number of sulfonamides is 1. The van der Waals surface area contributed by atoms with Crippen LogP contribution in [0.4, 0.5) is 0 Å². The number of benzene rings is 1. The van der Waals surface area contributed by atoms with Gasteiger partial charge in [-0.15, -0.1) is 0 Å². The number of piperidine rings is 1. The van der Waals surface area contributed by atoms with Gasteiger partial charge in [-0.25, -0.2) is 8.42 Å². The monoisotopic (exact) mass is 439 g/mol. The van der Waals surface area contributed by atoms with Crippen LogP contribution in [-0.2, 0) is 10.0 Å². The first-order chi connectivity index (χ1) is 9.86. The van der Waals surface area contributed by atoms with Gasteiger partial charge in [0.05, 0.1) is 4.90 Å². The number of rotatable bonds is 3. The number of hydrogen-bond acceptors (Lipinski definition) is 4. The number of oxime groups is 1. The van der Waals surface area contributed by atoms with Gasteiger partial charge in [0, 0.05) is 28.0 Å². The first kappa shape index (κ1) is 16.7. The van der Waals surface area contributed by atoms with Crippen LogP contribution in [0, 0.1) is 5.92 Å². The van der Waals surface area contributed by atoms with E-state index < -0.39 is 10.0 Å². The lowest BCUT2D eigenvalue weighted by molar-refractivity contribution is 0.291. The largest absolute Gasteiger partial charge is 0.409 e. The number of nitrogens with zero attached hydrogens (tertiary/aromatic N) is 2. The average Bonchev–Trinajstić information content (AvgIpc) is 2.49. The molecule has 0 aromatic heterocycles. The number of amidine groups is 1. The van der Waals surface area contributed by atoms with Crippen molar-refractivity contribution >= 4 is 47.7 Å². The molecule has 1 aromatic rings. The maximum Gasteiger partial charge on any atom is 0.244 e. The van der Waals surface area contributed by atoms with Crippen LogP contribution in [0.1, 0.15) is 12.8 Å². The van der Waals surface area contributed by atoms with Gasteiger partial charge >= 0.3 is 0 Å². The maximum atomic E-state index is 12.7. The predicted molar refractivity (Wildman–Crippen MR) is 86.7 cm³/mol. The lowest BCUT2D eigenvalue weighted by atomic mass is 9.97. The van der Waals surface area contributed by atoms with Gasteiger partial charge in [-0.2, -0.15) is 4.31 Å². The van der Waals surface area contributed by atoms with Gasteiger partial charge in [-0.05, 0) is 47.0 Å². The topological polar surface area (TPSA) is 96.0 Å². The zero-order valence-corrected chi connectivity index (χ0v) is 15.0. The molecule has 0 spiro atoms. The second-order valence-corrected chi connectivity index (χ2v) is 8.45. The fourth-order valence-electron chi connectivity index (χ4n) is 2.29. The summed E-state index contributed by atoms with van der Waals surface area (Å²) in [6.45, 7) is 0.699. The van der Waals surface area contributed by atoms with Crippen LogP contribution in [0.15, 0.2) is 37.2 Å². The summed E-state index contributed by atoms with van der Waals surface area (Å²) in [4.78, 5) is 0.235. The van der Waals surface area contributed by atoms with Gasteiger partial charge in [0.1, 0.15) is 5.84 Å². The normalized spacial score (nSPS) is 18.9. The molecule has 0 saturated carbocycles. The highest BCUT2D eigenvalue weighted by molar-refractivity contribution is 9.11. The van der Waals surface area contributed by atoms with Crippen molar-refractivity contribution in [1.82, 2.24) is 4.31 Å². The van der Waals surface area contributed by atoms with Crippen LogP contribution in [0.25, 0.3) is 0 Å². The summed E-state index contributed by atoms with van der Waals surface area (Å²) in [6, 6.07) is 5.04. The third-order valence-corrected chi connectivity index (χ3v) is 6.88. The quantitative estimate of drug-likeness (QED) is 0.326. The summed E-state index contributed by atoms with van der Waals surface area (Å²) in [6.07, 6.45) is 1.08. The molecule has 0 amide bonds. The lowest BCUT2D eigenvalue weighted by Crippen LogP contribution is -2.41. The van der Waals surface area contributed by atoms with Gasteiger partial charge in [-0.3, -0.25) is 0 Å². The molecule has 9 heteroatoms. The van der Waals surface area contributed by atoms with Crippen molar-refractivity contribution in [2.24, 2.45) is 16.8 Å². The minimum absolute atomic E-state index is 0.0765. The van der Waals surface area contributed by atoms with Gasteiger partial charge in [-0.1, -0.05) is 21.1 Å². The Morgan fingerprint density at radius 1 is 1.33 bits per heavy atom. The Morgan fingerprint density at radius 2 is 1.95 bits per heavy atom. The first-order valence-corrected chi connectivity index (χ1v) is 9.31. The summed E-state index contributed by atoms with van der Waals surface area (Å²) < 4.78 is 28.0. The highest BCUT2D eigenvalue weighted by atomic mass is 79.9. The standard InChI is InChI=1S/C12H15Br2N3O3S/c13-9-1-2-10(14)11(7-9)21(19,20)17-5-3-8(4-6-17)12(15)16-18/h1-2,7-8,18H,3-6H2,(H2,15,16). The molecule has 6 nitrogen and oxygen atoms in total. The van der Waals surface area contributed by atoms with Crippen LogP contribution in [0.3, 0.4) is 0 Å². The van der Waals surface area contributed by atoms with E-state index in [1.807, 2.05) is 0 Å². The second kappa shape index (κ2) is 6.64. The van der Waals surface area contributed by atoms with Crippen molar-refractivity contribution in [3.63, 3.8) is 0 Å². The summed E-state index contributed by atoms with van der Waals surface area (Å²) in [5.41, 5.74) is 5.58. The van der Waals surface area contributed by atoms with E-state index in [0.29, 0.717) is 34.9 Å². The molecule has 1 fully saturated rings. The first-order valence-electron chi connectivity index (χ1n) is 6.29. The highest BCUT2D eigenvalue weighted by Crippen LogP contribution is 2.30. The van der Waals surface area contributed by atoms with Crippen LogP contribution in [0.2, 0.25) is 0 Å². The fraction of sp³-hybridized carbons (Fsp3) is 0.417. The highest BCUT2D eigenvalue weighted by Gasteiger charge is 2.32. The average molecular weight is 441 g/mol. The third-order valence-electron chi connectivity index (χ3n) is 3.50. The van der Waals surface area contributed by atoms with E-state index in [1.54, 1.807) is 18.2 Å². The van der Waals surface area contributed by atoms with E-state index in [-0.39, 0.29) is 16.6 Å². The number of hydrogen-bond donors (Lipinski definition) is 2. The molecule has 0 aliphatic carbocycles. The van der Waals surface area contributed by atoms with Gasteiger partial charge in [0.2, 0.25) is 10.0 Å². The van der Waals surface area contributed by atoms with E-state index in [2.05, 4.69) is 37.0 Å². The molecule has 1 aromatic carbocycles. The molecule has 2 rings (SSSR count). The SMILES string of the molecule is NC(=NO)C1CCN(S(=O)(=O)c2cc(Br)ccc2Br)CC1. The predicted octanol–water partition coefficient (Wildman–Crippen LogP) is 2.36. The molecule has 0 radical (unpaired) electrons. The van der Waals surface area contributed by atoms with E-state index in [9.17, 15) is 8.42 Å². The zero-order valence-electron chi connectivity index (χ0n) is 11.0. The Morgan fingerprint density at radius 3 is 2.52 bits per heavy atom. The van der Waals surface area contributed by atoms with Gasteiger partial charge < -0.3 is 10.9 Å². The van der Waals surface area contributed by atoms with Crippen LogP contribution < -0.4 is 5.73 Å². The Balaban J connectivity index is 2.21. The van der Waals surface area contributed by atoms with Crippen molar-refractivity contribution in [2.45, 2.75) is 17.7 Å². The van der Waals surface area contributed by atoms with Crippen molar-refractivity contribution in [3.05, 3.63) is 27.1 Å². The van der Waals surface area contributed by atoms with Crippen molar-refractivity contribution < 1.29 is 13.6 Å². The summed E-state index contributed by atoms with van der Waals surface area (Å²) in [7, 11) is -3.56. The van der Waals surface area contributed by atoms with Crippen LogP contribution >= 0.6 is 31.9 Å². The fourth-order valence-corrected chi connectivity index (χ4v) is 5.22. The number of halogens is 2. The Hall–Kier alpha value is -0.640. The third kappa shape index (κ3) is 3.58. The van der Waals surface area contributed by atoms with E-state index in [0.717, 1.165) is 0 Å². The Bertz CT molecular complexity index is 656. The molecule has 0 atom stereocenters. The molecule has 21 heavy (non-hydrogen) atoms.